The van der Waals surface area contributed by atoms with E-state index in [1.54, 1.807) is 48.5 Å². The first-order valence-electron chi connectivity index (χ1n) is 7.21. The lowest BCUT2D eigenvalue weighted by atomic mass is 10.1. The normalized spacial score (nSPS) is 10.8. The molecule has 0 aliphatic rings. The number of nitrogens with zero attached hydrogens (tertiary/aromatic N) is 1. The molecule has 0 unspecified atom stereocenters. The van der Waals surface area contributed by atoms with E-state index in [-0.39, 0.29) is 11.7 Å². The van der Waals surface area contributed by atoms with E-state index in [1.807, 2.05) is 6.07 Å². The third kappa shape index (κ3) is 4.91. The first-order chi connectivity index (χ1) is 11.4. The van der Waals surface area contributed by atoms with Crippen molar-refractivity contribution in [3.63, 3.8) is 0 Å². The number of nitriles is 1. The van der Waals surface area contributed by atoms with Crippen molar-refractivity contribution < 1.29 is 13.2 Å². The van der Waals surface area contributed by atoms with Gasteiger partial charge in [0, 0.05) is 12.1 Å². The van der Waals surface area contributed by atoms with E-state index in [0.717, 1.165) is 5.56 Å². The molecule has 0 atom stereocenters. The molecular formula is C17H17N3O3S. The molecule has 0 bridgehead atoms. The van der Waals surface area contributed by atoms with E-state index in [0.29, 0.717) is 23.2 Å². The lowest BCUT2D eigenvalue weighted by Crippen LogP contribution is -2.23. The fourth-order valence-electron chi connectivity index (χ4n) is 2.03. The fourth-order valence-corrected chi connectivity index (χ4v) is 2.80. The maximum Gasteiger partial charge on any atom is 0.251 e. The molecule has 0 heterocycles. The van der Waals surface area contributed by atoms with Crippen LogP contribution < -0.4 is 10.0 Å². The Balaban J connectivity index is 1.94. The summed E-state index contributed by atoms with van der Waals surface area (Å²) in [5.41, 5.74) is 2.51. The molecule has 0 aliphatic heterocycles. The molecule has 24 heavy (non-hydrogen) atoms. The Morgan fingerprint density at radius 2 is 1.62 bits per heavy atom. The highest BCUT2D eigenvalue weighted by Crippen LogP contribution is 2.08. The highest BCUT2D eigenvalue weighted by molar-refractivity contribution is 7.88. The van der Waals surface area contributed by atoms with Gasteiger partial charge in [0.15, 0.2) is 0 Å². The Morgan fingerprint density at radius 3 is 2.17 bits per heavy atom. The molecule has 2 N–H and O–H groups in total. The highest BCUT2D eigenvalue weighted by Gasteiger charge is 2.09. The van der Waals surface area contributed by atoms with Crippen LogP contribution in [0.25, 0.3) is 0 Å². The third-order valence-electron chi connectivity index (χ3n) is 3.42. The predicted octanol–water partition coefficient (Wildman–Crippen LogP) is 1.54. The van der Waals surface area contributed by atoms with Gasteiger partial charge in [0.25, 0.3) is 5.91 Å². The molecule has 2 aromatic carbocycles. The van der Waals surface area contributed by atoms with Crippen LogP contribution in [0, 0.1) is 11.3 Å². The van der Waals surface area contributed by atoms with Gasteiger partial charge in [-0.25, -0.2) is 13.1 Å². The standard InChI is InChI=1S/C17H17N3O3S/c1-19-24(22,23)12-15-4-2-14(3-5-15)11-20-17(21)16-8-6-13(10-18)7-9-16/h2-9,19H,11-12H2,1H3,(H,20,21). The van der Waals surface area contributed by atoms with Gasteiger partial charge in [-0.2, -0.15) is 5.26 Å². The molecular weight excluding hydrogens is 326 g/mol. The van der Waals surface area contributed by atoms with Gasteiger partial charge in [-0.1, -0.05) is 24.3 Å². The molecule has 2 aromatic rings. The summed E-state index contributed by atoms with van der Waals surface area (Å²) in [6, 6.07) is 15.4. The Kier molecular flexibility index (Phi) is 5.68. The first kappa shape index (κ1) is 17.7. The Bertz CT molecular complexity index is 851. The zero-order chi connectivity index (χ0) is 17.6. The van der Waals surface area contributed by atoms with Gasteiger partial charge >= 0.3 is 0 Å². The van der Waals surface area contributed by atoms with Gasteiger partial charge in [-0.05, 0) is 42.4 Å². The van der Waals surface area contributed by atoms with Gasteiger partial charge in [0.1, 0.15) is 0 Å². The maximum atomic E-state index is 12.0. The Labute approximate surface area is 141 Å². The second kappa shape index (κ2) is 7.73. The molecule has 0 saturated carbocycles. The number of benzene rings is 2. The van der Waals surface area contributed by atoms with Crippen LogP contribution in [-0.4, -0.2) is 21.4 Å². The van der Waals surface area contributed by atoms with E-state index in [4.69, 9.17) is 5.26 Å². The van der Waals surface area contributed by atoms with Crippen molar-refractivity contribution in [1.82, 2.24) is 10.0 Å². The van der Waals surface area contributed by atoms with E-state index in [2.05, 4.69) is 10.0 Å². The number of hydrogen-bond donors (Lipinski definition) is 2. The summed E-state index contributed by atoms with van der Waals surface area (Å²) in [5, 5.41) is 11.5. The summed E-state index contributed by atoms with van der Waals surface area (Å²) in [4.78, 5) is 12.0. The highest BCUT2D eigenvalue weighted by atomic mass is 32.2. The maximum absolute atomic E-state index is 12.0. The summed E-state index contributed by atoms with van der Waals surface area (Å²) >= 11 is 0. The topological polar surface area (TPSA) is 99.1 Å². The molecule has 0 radical (unpaired) electrons. The predicted molar refractivity (Wildman–Crippen MR) is 90.5 cm³/mol. The van der Waals surface area contributed by atoms with Crippen molar-refractivity contribution in [1.29, 1.82) is 5.26 Å². The van der Waals surface area contributed by atoms with Crippen LogP contribution in [0.1, 0.15) is 27.0 Å². The molecule has 0 aliphatic carbocycles. The Morgan fingerprint density at radius 1 is 1.04 bits per heavy atom. The lowest BCUT2D eigenvalue weighted by molar-refractivity contribution is 0.0951. The summed E-state index contributed by atoms with van der Waals surface area (Å²) in [6.45, 7) is 0.331. The number of rotatable bonds is 6. The third-order valence-corrected chi connectivity index (χ3v) is 4.76. The number of amides is 1. The molecule has 1 amide bonds. The van der Waals surface area contributed by atoms with Gasteiger partial charge in [-0.3, -0.25) is 4.79 Å². The average Bonchev–Trinajstić information content (AvgIpc) is 2.60. The molecule has 6 nitrogen and oxygen atoms in total. The van der Waals surface area contributed by atoms with Gasteiger partial charge in [0.05, 0.1) is 17.4 Å². The number of nitrogens with one attached hydrogen (secondary N) is 2. The van der Waals surface area contributed by atoms with Crippen molar-refractivity contribution in [3.8, 4) is 6.07 Å². The average molecular weight is 343 g/mol. The van der Waals surface area contributed by atoms with Crippen LogP contribution in [0.3, 0.4) is 0 Å². The van der Waals surface area contributed by atoms with Crippen molar-refractivity contribution in [2.24, 2.45) is 0 Å². The molecule has 7 heteroatoms. The smallest absolute Gasteiger partial charge is 0.251 e. The number of carbonyl (C=O) groups excluding carboxylic acids is 1. The van der Waals surface area contributed by atoms with Crippen LogP contribution in [0.2, 0.25) is 0 Å². The summed E-state index contributed by atoms with van der Waals surface area (Å²) in [7, 11) is -1.92. The number of carbonyl (C=O) groups is 1. The molecule has 124 valence electrons. The molecule has 0 fully saturated rings. The summed E-state index contributed by atoms with van der Waals surface area (Å²) in [6.07, 6.45) is 0. The minimum absolute atomic E-state index is 0.0820. The van der Waals surface area contributed by atoms with E-state index < -0.39 is 10.0 Å². The van der Waals surface area contributed by atoms with E-state index in [1.165, 1.54) is 7.05 Å². The van der Waals surface area contributed by atoms with Crippen LogP contribution in [0.4, 0.5) is 0 Å². The second-order valence-electron chi connectivity index (χ2n) is 5.15. The monoisotopic (exact) mass is 343 g/mol. The SMILES string of the molecule is CNS(=O)(=O)Cc1ccc(CNC(=O)c2ccc(C#N)cc2)cc1. The minimum atomic E-state index is -3.30. The zero-order valence-corrected chi connectivity index (χ0v) is 13.9. The molecule has 0 saturated heterocycles. The largest absolute Gasteiger partial charge is 0.348 e. The first-order valence-corrected chi connectivity index (χ1v) is 8.86. The van der Waals surface area contributed by atoms with Gasteiger partial charge in [-0.15, -0.1) is 0 Å². The van der Waals surface area contributed by atoms with Crippen molar-refractivity contribution in [2.45, 2.75) is 12.3 Å². The van der Waals surface area contributed by atoms with Crippen molar-refractivity contribution >= 4 is 15.9 Å². The minimum Gasteiger partial charge on any atom is -0.348 e. The fraction of sp³-hybridized carbons (Fsp3) is 0.176. The molecule has 0 spiro atoms. The summed E-state index contributed by atoms with van der Waals surface area (Å²) in [5.74, 6) is -0.317. The van der Waals surface area contributed by atoms with E-state index in [9.17, 15) is 13.2 Å². The van der Waals surface area contributed by atoms with Crippen molar-refractivity contribution in [2.75, 3.05) is 7.05 Å². The van der Waals surface area contributed by atoms with Crippen LogP contribution in [-0.2, 0) is 22.3 Å². The zero-order valence-electron chi connectivity index (χ0n) is 13.1. The molecule has 0 aromatic heterocycles. The van der Waals surface area contributed by atoms with Crippen LogP contribution in [0.5, 0.6) is 0 Å². The van der Waals surface area contributed by atoms with Crippen molar-refractivity contribution in [3.05, 3.63) is 70.8 Å². The molecule has 2 rings (SSSR count). The van der Waals surface area contributed by atoms with Gasteiger partial charge < -0.3 is 5.32 Å². The second-order valence-corrected chi connectivity index (χ2v) is 7.08. The number of sulfonamides is 1. The van der Waals surface area contributed by atoms with Gasteiger partial charge in [0.2, 0.25) is 10.0 Å². The number of hydrogen-bond acceptors (Lipinski definition) is 4. The summed E-state index contributed by atoms with van der Waals surface area (Å²) < 4.78 is 25.2. The lowest BCUT2D eigenvalue weighted by Gasteiger charge is -2.07. The van der Waals surface area contributed by atoms with Crippen LogP contribution >= 0.6 is 0 Å². The Hall–Kier alpha value is -2.69. The van der Waals surface area contributed by atoms with E-state index >= 15 is 0 Å². The quantitative estimate of drug-likeness (QED) is 0.831. The van der Waals surface area contributed by atoms with Crippen LogP contribution in [0.15, 0.2) is 48.5 Å².